The molecule has 8 nitrogen and oxygen atoms in total. The van der Waals surface area contributed by atoms with Crippen LogP contribution in [0.1, 0.15) is 12.5 Å². The standard InChI is InChI=1S/C20H22BrN5O3/c1-4-28-17-10-13(9-14(21)19(17)29-12-18(27)26(2)3)11-22-25-20-23-15-7-5-6-8-16(15)24-20/h5-11H,4,12H2,1-3H3,(H2,23,24,25)/b22-11-. The highest BCUT2D eigenvalue weighted by atomic mass is 79.9. The highest BCUT2D eigenvalue weighted by Gasteiger charge is 2.14. The van der Waals surface area contributed by atoms with Crippen LogP contribution in [0.25, 0.3) is 11.0 Å². The minimum atomic E-state index is -0.139. The molecule has 9 heteroatoms. The van der Waals surface area contributed by atoms with E-state index in [1.165, 1.54) is 4.90 Å². The summed E-state index contributed by atoms with van der Waals surface area (Å²) >= 11 is 3.48. The third-order valence-corrected chi connectivity index (χ3v) is 4.53. The van der Waals surface area contributed by atoms with E-state index in [1.807, 2.05) is 37.3 Å². The lowest BCUT2D eigenvalue weighted by Crippen LogP contribution is -2.27. The fraction of sp³-hybridized carbons (Fsp3) is 0.250. The molecule has 0 spiro atoms. The first-order valence-corrected chi connectivity index (χ1v) is 9.80. The summed E-state index contributed by atoms with van der Waals surface area (Å²) in [7, 11) is 3.36. The first-order chi connectivity index (χ1) is 14.0. The van der Waals surface area contributed by atoms with E-state index in [0.29, 0.717) is 28.5 Å². The Balaban J connectivity index is 1.74. The quantitative estimate of drug-likeness (QED) is 0.396. The van der Waals surface area contributed by atoms with Crippen molar-refractivity contribution in [2.75, 3.05) is 32.7 Å². The Labute approximate surface area is 177 Å². The van der Waals surface area contributed by atoms with Crippen LogP contribution in [0.2, 0.25) is 0 Å². The lowest BCUT2D eigenvalue weighted by Gasteiger charge is -2.16. The van der Waals surface area contributed by atoms with Crippen molar-refractivity contribution in [2.45, 2.75) is 6.92 Å². The minimum absolute atomic E-state index is 0.0767. The van der Waals surface area contributed by atoms with Crippen LogP contribution in [0.3, 0.4) is 0 Å². The van der Waals surface area contributed by atoms with Crippen LogP contribution in [0.4, 0.5) is 5.95 Å². The zero-order chi connectivity index (χ0) is 20.8. The number of halogens is 1. The van der Waals surface area contributed by atoms with Gasteiger partial charge in [-0.1, -0.05) is 12.1 Å². The maximum Gasteiger partial charge on any atom is 0.259 e. The molecule has 0 aliphatic heterocycles. The molecule has 0 saturated heterocycles. The third-order valence-electron chi connectivity index (χ3n) is 3.94. The average Bonchev–Trinajstić information content (AvgIpc) is 3.10. The molecule has 1 heterocycles. The number of amides is 1. The molecule has 0 aliphatic carbocycles. The molecule has 3 aromatic rings. The number of hydrazone groups is 1. The maximum atomic E-state index is 11.8. The smallest absolute Gasteiger partial charge is 0.259 e. The summed E-state index contributed by atoms with van der Waals surface area (Å²) in [6.45, 7) is 2.27. The van der Waals surface area contributed by atoms with Gasteiger partial charge in [0.1, 0.15) is 0 Å². The lowest BCUT2D eigenvalue weighted by atomic mass is 10.2. The van der Waals surface area contributed by atoms with Crippen molar-refractivity contribution in [1.29, 1.82) is 0 Å². The van der Waals surface area contributed by atoms with Gasteiger partial charge in [-0.05, 0) is 52.7 Å². The van der Waals surface area contributed by atoms with Crippen LogP contribution in [-0.4, -0.2) is 54.3 Å². The molecule has 3 rings (SSSR count). The van der Waals surface area contributed by atoms with E-state index in [2.05, 4.69) is 36.4 Å². The SMILES string of the molecule is CCOc1cc(/C=N\Nc2nc3ccccc3[nH]2)cc(Br)c1OCC(=O)N(C)C. The van der Waals surface area contributed by atoms with Crippen molar-refractivity contribution in [3.63, 3.8) is 0 Å². The third kappa shape index (κ3) is 5.26. The number of hydrogen-bond donors (Lipinski definition) is 2. The van der Waals surface area contributed by atoms with E-state index in [-0.39, 0.29) is 12.5 Å². The van der Waals surface area contributed by atoms with Crippen LogP contribution < -0.4 is 14.9 Å². The first-order valence-electron chi connectivity index (χ1n) is 9.01. The molecule has 0 fully saturated rings. The van der Waals surface area contributed by atoms with E-state index >= 15 is 0 Å². The number of imidazole rings is 1. The largest absolute Gasteiger partial charge is 0.490 e. The fourth-order valence-corrected chi connectivity index (χ4v) is 3.08. The molecule has 29 heavy (non-hydrogen) atoms. The second-order valence-corrected chi connectivity index (χ2v) is 7.17. The molecule has 0 radical (unpaired) electrons. The van der Waals surface area contributed by atoms with Crippen molar-refractivity contribution in [3.8, 4) is 11.5 Å². The van der Waals surface area contributed by atoms with E-state index in [1.54, 1.807) is 26.4 Å². The van der Waals surface area contributed by atoms with Crippen molar-refractivity contribution in [2.24, 2.45) is 5.10 Å². The molecule has 0 unspecified atom stereocenters. The number of carbonyl (C=O) groups excluding carboxylic acids is 1. The minimum Gasteiger partial charge on any atom is -0.490 e. The second kappa shape index (κ2) is 9.42. The number of anilines is 1. The van der Waals surface area contributed by atoms with E-state index in [4.69, 9.17) is 9.47 Å². The van der Waals surface area contributed by atoms with Crippen molar-refractivity contribution < 1.29 is 14.3 Å². The summed E-state index contributed by atoms with van der Waals surface area (Å²) in [5.41, 5.74) is 5.47. The summed E-state index contributed by atoms with van der Waals surface area (Å²) in [5.74, 6) is 1.41. The second-order valence-electron chi connectivity index (χ2n) is 6.31. The van der Waals surface area contributed by atoms with Gasteiger partial charge in [-0.15, -0.1) is 0 Å². The molecule has 0 atom stereocenters. The molecule has 2 N–H and O–H groups in total. The Morgan fingerprint density at radius 1 is 1.31 bits per heavy atom. The highest BCUT2D eigenvalue weighted by Crippen LogP contribution is 2.36. The van der Waals surface area contributed by atoms with E-state index < -0.39 is 0 Å². The number of nitrogens with zero attached hydrogens (tertiary/aromatic N) is 3. The predicted octanol–water partition coefficient (Wildman–Crippen LogP) is 3.64. The zero-order valence-corrected chi connectivity index (χ0v) is 18.0. The van der Waals surface area contributed by atoms with Crippen LogP contribution >= 0.6 is 15.9 Å². The summed E-state index contributed by atoms with van der Waals surface area (Å²) in [4.78, 5) is 20.8. The number of fused-ring (bicyclic) bond motifs is 1. The van der Waals surface area contributed by atoms with Gasteiger partial charge >= 0.3 is 0 Å². The zero-order valence-electron chi connectivity index (χ0n) is 16.4. The van der Waals surface area contributed by atoms with Crippen LogP contribution in [0.5, 0.6) is 11.5 Å². The number of aromatic amines is 1. The molecule has 152 valence electrons. The number of nitrogens with one attached hydrogen (secondary N) is 2. The number of H-pyrrole nitrogens is 1. The molecular formula is C20H22BrN5O3. The summed E-state index contributed by atoms with van der Waals surface area (Å²) in [6.07, 6.45) is 1.65. The Bertz CT molecular complexity index is 999. The monoisotopic (exact) mass is 459 g/mol. The topological polar surface area (TPSA) is 91.8 Å². The number of aromatic nitrogens is 2. The van der Waals surface area contributed by atoms with E-state index in [9.17, 15) is 4.79 Å². The first kappa shape index (κ1) is 20.7. The van der Waals surface area contributed by atoms with Crippen LogP contribution in [-0.2, 0) is 4.79 Å². The highest BCUT2D eigenvalue weighted by molar-refractivity contribution is 9.10. The average molecular weight is 460 g/mol. The van der Waals surface area contributed by atoms with Crippen molar-refractivity contribution in [3.05, 3.63) is 46.4 Å². The van der Waals surface area contributed by atoms with Gasteiger partial charge < -0.3 is 19.4 Å². The number of likely N-dealkylation sites (N-methyl/N-ethyl adjacent to an activating group) is 1. The number of para-hydroxylation sites is 2. The number of ether oxygens (including phenoxy) is 2. The van der Waals surface area contributed by atoms with E-state index in [0.717, 1.165) is 16.6 Å². The van der Waals surface area contributed by atoms with Crippen molar-refractivity contribution in [1.82, 2.24) is 14.9 Å². The number of rotatable bonds is 8. The number of hydrogen-bond acceptors (Lipinski definition) is 6. The molecule has 0 aliphatic rings. The molecule has 1 aromatic heterocycles. The number of benzene rings is 2. The normalized spacial score (nSPS) is 11.0. The van der Waals surface area contributed by atoms with Gasteiger partial charge in [-0.2, -0.15) is 5.10 Å². The van der Waals surface area contributed by atoms with Gasteiger partial charge in [0.25, 0.3) is 5.91 Å². The molecule has 0 bridgehead atoms. The maximum absolute atomic E-state index is 11.8. The van der Waals surface area contributed by atoms with Gasteiger partial charge in [0.15, 0.2) is 18.1 Å². The van der Waals surface area contributed by atoms with Gasteiger partial charge in [0, 0.05) is 14.1 Å². The summed E-state index contributed by atoms with van der Waals surface area (Å²) < 4.78 is 12.0. The summed E-state index contributed by atoms with van der Waals surface area (Å²) in [5, 5.41) is 4.23. The van der Waals surface area contributed by atoms with Crippen molar-refractivity contribution >= 4 is 45.0 Å². The molecule has 2 aromatic carbocycles. The predicted molar refractivity (Wildman–Crippen MR) is 117 cm³/mol. The fourth-order valence-electron chi connectivity index (χ4n) is 2.50. The Morgan fingerprint density at radius 3 is 2.83 bits per heavy atom. The molecular weight excluding hydrogens is 438 g/mol. The molecule has 1 amide bonds. The lowest BCUT2D eigenvalue weighted by molar-refractivity contribution is -0.130. The number of carbonyl (C=O) groups is 1. The Morgan fingerprint density at radius 2 is 2.10 bits per heavy atom. The van der Waals surface area contributed by atoms with Gasteiger partial charge in [0.2, 0.25) is 5.95 Å². The van der Waals surface area contributed by atoms with Crippen LogP contribution in [0.15, 0.2) is 46.0 Å². The van der Waals surface area contributed by atoms with Gasteiger partial charge in [-0.3, -0.25) is 4.79 Å². The Kier molecular flexibility index (Phi) is 6.71. The summed E-state index contributed by atoms with van der Waals surface area (Å²) in [6, 6.07) is 11.4. The van der Waals surface area contributed by atoms with Crippen LogP contribution in [0, 0.1) is 0 Å². The van der Waals surface area contributed by atoms with Gasteiger partial charge in [0.05, 0.1) is 28.3 Å². The molecule has 0 saturated carbocycles. The van der Waals surface area contributed by atoms with Gasteiger partial charge in [-0.25, -0.2) is 10.4 Å². The Hall–Kier alpha value is -3.07.